The number of carboxylic acid groups (broad SMARTS) is 1. The summed E-state index contributed by atoms with van der Waals surface area (Å²) in [5.74, 6) is -0.0322. The molecule has 0 aliphatic heterocycles. The molecule has 2 aromatic carbocycles. The number of fused-ring (bicyclic) bond motifs is 1. The second kappa shape index (κ2) is 8.50. The Kier molecular flexibility index (Phi) is 5.89. The highest BCUT2D eigenvalue weighted by atomic mass is 16.5. The van der Waals surface area contributed by atoms with E-state index in [4.69, 9.17) is 4.74 Å². The summed E-state index contributed by atoms with van der Waals surface area (Å²) in [5.41, 5.74) is 5.42. The van der Waals surface area contributed by atoms with Crippen molar-refractivity contribution >= 4 is 5.97 Å². The normalized spacial score (nSPS) is 17.4. The van der Waals surface area contributed by atoms with Crippen LogP contribution in [0.2, 0.25) is 0 Å². The van der Waals surface area contributed by atoms with Crippen molar-refractivity contribution in [2.75, 3.05) is 0 Å². The second-order valence-electron chi connectivity index (χ2n) is 10.2. The van der Waals surface area contributed by atoms with Crippen LogP contribution in [0.15, 0.2) is 67.0 Å². The topological polar surface area (TPSA) is 51.5 Å². The number of benzene rings is 2. The molecule has 1 aromatic heterocycles. The highest BCUT2D eigenvalue weighted by Gasteiger charge is 2.36. The Morgan fingerprint density at radius 2 is 1.59 bits per heavy atom. The van der Waals surface area contributed by atoms with Gasteiger partial charge in [0.05, 0.1) is 12.5 Å². The molecule has 0 bridgehead atoms. The zero-order valence-electron chi connectivity index (χ0n) is 19.5. The average Bonchev–Trinajstić information content (AvgIpc) is 3.29. The van der Waals surface area contributed by atoms with Gasteiger partial charge in [-0.2, -0.15) is 0 Å². The van der Waals surface area contributed by atoms with E-state index in [1.54, 1.807) is 0 Å². The Morgan fingerprint density at radius 1 is 0.969 bits per heavy atom. The Hall–Kier alpha value is -3.01. The molecule has 0 saturated heterocycles. The first-order valence-corrected chi connectivity index (χ1v) is 11.4. The molecule has 0 spiro atoms. The molecular formula is C28H33NO3. The molecule has 0 fully saturated rings. The van der Waals surface area contributed by atoms with E-state index in [1.165, 1.54) is 29.5 Å². The van der Waals surface area contributed by atoms with Gasteiger partial charge in [0.1, 0.15) is 12.4 Å². The number of aromatic nitrogens is 1. The van der Waals surface area contributed by atoms with Gasteiger partial charge in [0.2, 0.25) is 0 Å². The minimum absolute atomic E-state index is 0.0378. The highest BCUT2D eigenvalue weighted by Crippen LogP contribution is 2.45. The largest absolute Gasteiger partial charge is 0.489 e. The molecule has 1 aliphatic carbocycles. The molecule has 1 N–H and O–H groups in total. The molecule has 4 rings (SSSR count). The fourth-order valence-electron chi connectivity index (χ4n) is 4.79. The lowest BCUT2D eigenvalue weighted by Gasteiger charge is -2.42. The van der Waals surface area contributed by atoms with Crippen LogP contribution in [0.25, 0.3) is 0 Å². The van der Waals surface area contributed by atoms with Gasteiger partial charge >= 0.3 is 5.97 Å². The lowest BCUT2D eigenvalue weighted by Crippen LogP contribution is -2.33. The van der Waals surface area contributed by atoms with Gasteiger partial charge in [0.25, 0.3) is 0 Å². The van der Waals surface area contributed by atoms with Crippen molar-refractivity contribution in [3.63, 3.8) is 0 Å². The number of carbonyl (C=O) groups is 1. The van der Waals surface area contributed by atoms with Crippen LogP contribution in [-0.2, 0) is 22.2 Å². The number of rotatable bonds is 7. The van der Waals surface area contributed by atoms with Gasteiger partial charge in [-0.1, -0.05) is 58.0 Å². The zero-order chi connectivity index (χ0) is 22.9. The standard InChI is InChI=1S/C28H33NO3/c1-27(2)13-14-28(3,4)24-17-20(7-12-23(24)27)19-32-22-10-8-21(9-11-22)25(18-26(30)31)29-15-5-6-16-29/h5-12,15-17,25H,13-14,18-19H2,1-4H3,(H,30,31)/t25-/m1/s1. The van der Waals surface area contributed by atoms with Gasteiger partial charge in [-0.25, -0.2) is 0 Å². The van der Waals surface area contributed by atoms with E-state index in [9.17, 15) is 9.90 Å². The van der Waals surface area contributed by atoms with E-state index in [1.807, 2.05) is 53.4 Å². The van der Waals surface area contributed by atoms with Crippen molar-refractivity contribution in [3.05, 3.63) is 89.2 Å². The maximum atomic E-state index is 11.4. The van der Waals surface area contributed by atoms with Crippen molar-refractivity contribution in [2.45, 2.75) is 70.4 Å². The molecule has 0 amide bonds. The summed E-state index contributed by atoms with van der Waals surface area (Å²) < 4.78 is 8.02. The van der Waals surface area contributed by atoms with Gasteiger partial charge in [-0.3, -0.25) is 4.79 Å². The molecule has 168 valence electrons. The van der Waals surface area contributed by atoms with Gasteiger partial charge in [0, 0.05) is 12.4 Å². The predicted octanol–water partition coefficient (Wildman–Crippen LogP) is 6.48. The fraction of sp³-hybridized carbons (Fsp3) is 0.393. The van der Waals surface area contributed by atoms with Crippen molar-refractivity contribution in [3.8, 4) is 5.75 Å². The molecule has 1 atom stereocenters. The van der Waals surface area contributed by atoms with Crippen LogP contribution in [0.1, 0.15) is 75.3 Å². The zero-order valence-corrected chi connectivity index (χ0v) is 19.5. The lowest BCUT2D eigenvalue weighted by atomic mass is 9.63. The van der Waals surface area contributed by atoms with Gasteiger partial charge in [-0.15, -0.1) is 0 Å². The molecule has 1 heterocycles. The van der Waals surface area contributed by atoms with Gasteiger partial charge in [0.15, 0.2) is 0 Å². The Bertz CT molecular complexity index is 1080. The molecule has 32 heavy (non-hydrogen) atoms. The summed E-state index contributed by atoms with van der Waals surface area (Å²) in [6, 6.07) is 18.2. The van der Waals surface area contributed by atoms with Crippen LogP contribution in [-0.4, -0.2) is 15.6 Å². The molecule has 0 unspecified atom stereocenters. The predicted molar refractivity (Wildman–Crippen MR) is 127 cm³/mol. The van der Waals surface area contributed by atoms with Crippen LogP contribution < -0.4 is 4.74 Å². The summed E-state index contributed by atoms with van der Waals surface area (Å²) in [6.45, 7) is 9.86. The van der Waals surface area contributed by atoms with Gasteiger partial charge in [-0.05, 0) is 70.2 Å². The van der Waals surface area contributed by atoms with Crippen molar-refractivity contribution < 1.29 is 14.6 Å². The first-order valence-electron chi connectivity index (χ1n) is 11.4. The monoisotopic (exact) mass is 431 g/mol. The number of hydrogen-bond donors (Lipinski definition) is 1. The highest BCUT2D eigenvalue weighted by molar-refractivity contribution is 5.68. The Labute approximate surface area is 190 Å². The lowest BCUT2D eigenvalue weighted by molar-refractivity contribution is -0.137. The second-order valence-corrected chi connectivity index (χ2v) is 10.2. The summed E-state index contributed by atoms with van der Waals surface area (Å²) in [6.07, 6.45) is 6.24. The Morgan fingerprint density at radius 3 is 2.22 bits per heavy atom. The summed E-state index contributed by atoms with van der Waals surface area (Å²) in [5, 5.41) is 9.32. The summed E-state index contributed by atoms with van der Waals surface area (Å²) in [7, 11) is 0. The maximum absolute atomic E-state index is 11.4. The number of aliphatic carboxylic acids is 1. The minimum Gasteiger partial charge on any atom is -0.489 e. The van der Waals surface area contributed by atoms with Crippen LogP contribution in [0.3, 0.4) is 0 Å². The number of nitrogens with zero attached hydrogens (tertiary/aromatic N) is 1. The average molecular weight is 432 g/mol. The third-order valence-electron chi connectivity index (χ3n) is 6.94. The van der Waals surface area contributed by atoms with Gasteiger partial charge < -0.3 is 14.4 Å². The SMILES string of the molecule is CC1(C)CCC(C)(C)c2cc(COc3ccc([C@@H](CC(=O)O)n4cccc4)cc3)ccc21. The van der Waals surface area contributed by atoms with Crippen LogP contribution in [0, 0.1) is 0 Å². The molecule has 0 radical (unpaired) electrons. The van der Waals surface area contributed by atoms with Crippen LogP contribution in [0.5, 0.6) is 5.75 Å². The number of carboxylic acids is 1. The van der Waals surface area contributed by atoms with E-state index in [0.717, 1.165) is 11.3 Å². The minimum atomic E-state index is -0.817. The number of ether oxygens (including phenoxy) is 1. The summed E-state index contributed by atoms with van der Waals surface area (Å²) in [4.78, 5) is 11.4. The number of hydrogen-bond acceptors (Lipinski definition) is 2. The summed E-state index contributed by atoms with van der Waals surface area (Å²) >= 11 is 0. The van der Waals surface area contributed by atoms with E-state index in [0.29, 0.717) is 6.61 Å². The van der Waals surface area contributed by atoms with Crippen LogP contribution in [0.4, 0.5) is 0 Å². The molecule has 4 nitrogen and oxygen atoms in total. The first-order chi connectivity index (χ1) is 15.2. The van der Waals surface area contributed by atoms with E-state index in [-0.39, 0.29) is 23.3 Å². The van der Waals surface area contributed by atoms with E-state index in [2.05, 4.69) is 45.9 Å². The quantitative estimate of drug-likeness (QED) is 0.466. The molecule has 0 saturated carbocycles. The van der Waals surface area contributed by atoms with Crippen LogP contribution >= 0.6 is 0 Å². The smallest absolute Gasteiger partial charge is 0.305 e. The fourth-order valence-corrected chi connectivity index (χ4v) is 4.79. The molecule has 4 heteroatoms. The van der Waals surface area contributed by atoms with Crippen molar-refractivity contribution in [1.29, 1.82) is 0 Å². The molecule has 3 aromatic rings. The van der Waals surface area contributed by atoms with Crippen molar-refractivity contribution in [1.82, 2.24) is 4.57 Å². The first kappa shape index (κ1) is 22.2. The van der Waals surface area contributed by atoms with E-state index >= 15 is 0 Å². The molecule has 1 aliphatic rings. The molecular weight excluding hydrogens is 398 g/mol. The maximum Gasteiger partial charge on any atom is 0.305 e. The Balaban J connectivity index is 1.49. The van der Waals surface area contributed by atoms with Crippen molar-refractivity contribution in [2.24, 2.45) is 0 Å². The van der Waals surface area contributed by atoms with E-state index < -0.39 is 5.97 Å². The third-order valence-corrected chi connectivity index (χ3v) is 6.94. The third kappa shape index (κ3) is 4.59.